The van der Waals surface area contributed by atoms with E-state index in [2.05, 4.69) is 10.00 Å². The Morgan fingerprint density at radius 3 is 2.47 bits per heavy atom. The SMILES string of the molecule is COc1ccc(CN2CCN(C(=O)c3cnn(Cc4ccccc4Cl)c3)CC2)cc1OC. The fourth-order valence-electron chi connectivity index (χ4n) is 3.89. The van der Waals surface area contributed by atoms with Crippen molar-refractivity contribution in [2.75, 3.05) is 40.4 Å². The highest BCUT2D eigenvalue weighted by molar-refractivity contribution is 6.31. The van der Waals surface area contributed by atoms with E-state index in [4.69, 9.17) is 21.1 Å². The number of aromatic nitrogens is 2. The first-order chi connectivity index (χ1) is 15.6. The molecule has 4 rings (SSSR count). The summed E-state index contributed by atoms with van der Waals surface area (Å²) < 4.78 is 12.5. The molecule has 0 radical (unpaired) electrons. The third-order valence-electron chi connectivity index (χ3n) is 5.68. The second kappa shape index (κ2) is 10.1. The number of benzene rings is 2. The van der Waals surface area contributed by atoms with Gasteiger partial charge in [-0.05, 0) is 29.3 Å². The second-order valence-electron chi connectivity index (χ2n) is 7.78. The molecule has 32 heavy (non-hydrogen) atoms. The Bertz CT molecular complexity index is 1080. The standard InChI is InChI=1S/C24H27ClN4O3/c1-31-22-8-7-18(13-23(22)32-2)15-27-9-11-28(12-10-27)24(30)20-14-26-29(17-20)16-19-5-3-4-6-21(19)25/h3-8,13-14,17H,9-12,15-16H2,1-2H3. The van der Waals surface area contributed by atoms with Crippen molar-refractivity contribution in [1.29, 1.82) is 0 Å². The fourth-order valence-corrected chi connectivity index (χ4v) is 4.09. The second-order valence-corrected chi connectivity index (χ2v) is 8.18. The number of halogens is 1. The number of methoxy groups -OCH3 is 2. The van der Waals surface area contributed by atoms with E-state index in [0.717, 1.165) is 42.3 Å². The van der Waals surface area contributed by atoms with Crippen LogP contribution in [0.5, 0.6) is 11.5 Å². The van der Waals surface area contributed by atoms with Crippen molar-refractivity contribution in [3.63, 3.8) is 0 Å². The Morgan fingerprint density at radius 1 is 1.00 bits per heavy atom. The molecule has 1 amide bonds. The number of carbonyl (C=O) groups is 1. The lowest BCUT2D eigenvalue weighted by Gasteiger charge is -2.34. The summed E-state index contributed by atoms with van der Waals surface area (Å²) in [6.45, 7) is 4.33. The maximum absolute atomic E-state index is 12.9. The van der Waals surface area contributed by atoms with Crippen LogP contribution < -0.4 is 9.47 Å². The van der Waals surface area contributed by atoms with Gasteiger partial charge < -0.3 is 14.4 Å². The van der Waals surface area contributed by atoms with E-state index < -0.39 is 0 Å². The zero-order valence-electron chi connectivity index (χ0n) is 18.3. The molecule has 1 aliphatic rings. The van der Waals surface area contributed by atoms with E-state index >= 15 is 0 Å². The molecule has 0 spiro atoms. The molecule has 168 valence electrons. The molecule has 0 saturated carbocycles. The average Bonchev–Trinajstić information content (AvgIpc) is 3.29. The number of hydrogen-bond acceptors (Lipinski definition) is 5. The quantitative estimate of drug-likeness (QED) is 0.546. The van der Waals surface area contributed by atoms with Crippen LogP contribution in [-0.2, 0) is 13.1 Å². The van der Waals surface area contributed by atoms with Gasteiger partial charge >= 0.3 is 0 Å². The summed E-state index contributed by atoms with van der Waals surface area (Å²) in [5.74, 6) is 1.47. The van der Waals surface area contributed by atoms with Crippen LogP contribution >= 0.6 is 11.6 Å². The number of piperazine rings is 1. The predicted octanol–water partition coefficient (Wildman–Crippen LogP) is 3.56. The molecule has 2 heterocycles. The maximum atomic E-state index is 12.9. The van der Waals surface area contributed by atoms with E-state index in [1.54, 1.807) is 31.3 Å². The molecule has 1 aliphatic heterocycles. The Balaban J connectivity index is 1.32. The molecule has 1 aromatic heterocycles. The maximum Gasteiger partial charge on any atom is 0.257 e. The van der Waals surface area contributed by atoms with Gasteiger partial charge in [-0.3, -0.25) is 14.4 Å². The number of amides is 1. The van der Waals surface area contributed by atoms with Crippen molar-refractivity contribution >= 4 is 17.5 Å². The van der Waals surface area contributed by atoms with Crippen molar-refractivity contribution in [3.8, 4) is 11.5 Å². The largest absolute Gasteiger partial charge is 0.493 e. The molecule has 0 unspecified atom stereocenters. The molecule has 0 N–H and O–H groups in total. The van der Waals surface area contributed by atoms with Crippen molar-refractivity contribution in [2.24, 2.45) is 0 Å². The first-order valence-corrected chi connectivity index (χ1v) is 10.9. The van der Waals surface area contributed by atoms with Gasteiger partial charge in [0.25, 0.3) is 5.91 Å². The van der Waals surface area contributed by atoms with Crippen LogP contribution in [0.25, 0.3) is 0 Å². The molecule has 0 aliphatic carbocycles. The highest BCUT2D eigenvalue weighted by Crippen LogP contribution is 2.28. The van der Waals surface area contributed by atoms with E-state index in [9.17, 15) is 4.79 Å². The molecular formula is C24H27ClN4O3. The lowest BCUT2D eigenvalue weighted by atomic mass is 10.1. The van der Waals surface area contributed by atoms with Crippen LogP contribution in [0.2, 0.25) is 5.02 Å². The number of rotatable bonds is 7. The summed E-state index contributed by atoms with van der Waals surface area (Å²) in [5, 5.41) is 5.04. The van der Waals surface area contributed by atoms with Crippen LogP contribution in [0, 0.1) is 0 Å². The van der Waals surface area contributed by atoms with Gasteiger partial charge in [-0.15, -0.1) is 0 Å². The summed E-state index contributed by atoms with van der Waals surface area (Å²) in [5.41, 5.74) is 2.73. The fraction of sp³-hybridized carbons (Fsp3) is 0.333. The van der Waals surface area contributed by atoms with Gasteiger partial charge in [-0.2, -0.15) is 5.10 Å². The molecule has 0 bridgehead atoms. The minimum absolute atomic E-state index is 0.0150. The van der Waals surface area contributed by atoms with Crippen LogP contribution in [-0.4, -0.2) is 65.9 Å². The van der Waals surface area contributed by atoms with Crippen LogP contribution in [0.3, 0.4) is 0 Å². The number of nitrogens with zero attached hydrogens (tertiary/aromatic N) is 4. The van der Waals surface area contributed by atoms with Gasteiger partial charge in [-0.1, -0.05) is 35.9 Å². The smallest absolute Gasteiger partial charge is 0.257 e. The van der Waals surface area contributed by atoms with Gasteiger partial charge in [0.1, 0.15) is 0 Å². The minimum Gasteiger partial charge on any atom is -0.493 e. The molecule has 3 aromatic rings. The Labute approximate surface area is 193 Å². The summed E-state index contributed by atoms with van der Waals surface area (Å²) in [6, 6.07) is 13.6. The zero-order chi connectivity index (χ0) is 22.5. The van der Waals surface area contributed by atoms with Gasteiger partial charge in [0.15, 0.2) is 11.5 Å². The molecule has 0 atom stereocenters. The topological polar surface area (TPSA) is 59.8 Å². The molecule has 7 nitrogen and oxygen atoms in total. The zero-order valence-corrected chi connectivity index (χ0v) is 19.1. The molecule has 1 saturated heterocycles. The predicted molar refractivity (Wildman–Crippen MR) is 124 cm³/mol. The summed E-state index contributed by atoms with van der Waals surface area (Å²) >= 11 is 6.23. The number of carbonyl (C=O) groups excluding carboxylic acids is 1. The molecule has 1 fully saturated rings. The lowest BCUT2D eigenvalue weighted by molar-refractivity contribution is 0.0628. The van der Waals surface area contributed by atoms with E-state index in [0.29, 0.717) is 30.2 Å². The molecular weight excluding hydrogens is 428 g/mol. The van der Waals surface area contributed by atoms with Gasteiger partial charge in [-0.25, -0.2) is 0 Å². The molecule has 2 aromatic carbocycles. The van der Waals surface area contributed by atoms with Crippen molar-refractivity contribution in [1.82, 2.24) is 19.6 Å². The highest BCUT2D eigenvalue weighted by atomic mass is 35.5. The summed E-state index contributed by atoms with van der Waals surface area (Å²) in [4.78, 5) is 17.2. The number of ether oxygens (including phenoxy) is 2. The van der Waals surface area contributed by atoms with Gasteiger partial charge in [0, 0.05) is 43.9 Å². The van der Waals surface area contributed by atoms with Gasteiger partial charge in [0.05, 0.1) is 32.5 Å². The first-order valence-electron chi connectivity index (χ1n) is 10.6. The van der Waals surface area contributed by atoms with Crippen LogP contribution in [0.4, 0.5) is 0 Å². The Hall–Kier alpha value is -3.03. The third kappa shape index (κ3) is 5.06. The van der Waals surface area contributed by atoms with Crippen molar-refractivity contribution in [3.05, 3.63) is 76.6 Å². The first kappa shape index (κ1) is 22.2. The average molecular weight is 455 g/mol. The monoisotopic (exact) mass is 454 g/mol. The minimum atomic E-state index is 0.0150. The van der Waals surface area contributed by atoms with Crippen LogP contribution in [0.1, 0.15) is 21.5 Å². The summed E-state index contributed by atoms with van der Waals surface area (Å²) in [6.07, 6.45) is 3.43. The number of hydrogen-bond donors (Lipinski definition) is 0. The normalized spacial score (nSPS) is 14.4. The third-order valence-corrected chi connectivity index (χ3v) is 6.05. The van der Waals surface area contributed by atoms with E-state index in [1.807, 2.05) is 47.4 Å². The van der Waals surface area contributed by atoms with Crippen LogP contribution in [0.15, 0.2) is 54.9 Å². The lowest BCUT2D eigenvalue weighted by Crippen LogP contribution is -2.48. The van der Waals surface area contributed by atoms with E-state index in [1.165, 1.54) is 0 Å². The summed E-state index contributed by atoms with van der Waals surface area (Å²) in [7, 11) is 3.27. The Kier molecular flexibility index (Phi) is 6.97. The van der Waals surface area contributed by atoms with Gasteiger partial charge in [0.2, 0.25) is 0 Å². The van der Waals surface area contributed by atoms with Crippen molar-refractivity contribution < 1.29 is 14.3 Å². The van der Waals surface area contributed by atoms with E-state index in [-0.39, 0.29) is 5.91 Å². The molecule has 8 heteroatoms. The Morgan fingerprint density at radius 2 is 1.75 bits per heavy atom. The highest BCUT2D eigenvalue weighted by Gasteiger charge is 2.23. The van der Waals surface area contributed by atoms with Crippen molar-refractivity contribution in [2.45, 2.75) is 13.1 Å².